The molecule has 1 aromatic carbocycles. The van der Waals surface area contributed by atoms with Crippen LogP contribution in [0.15, 0.2) is 48.7 Å². The minimum absolute atomic E-state index is 0.0104. The van der Waals surface area contributed by atoms with Crippen molar-refractivity contribution in [3.63, 3.8) is 0 Å². The summed E-state index contributed by atoms with van der Waals surface area (Å²) in [6.07, 6.45) is -3.13. The summed E-state index contributed by atoms with van der Waals surface area (Å²) in [6.45, 7) is 2.80. The molecule has 0 aliphatic carbocycles. The van der Waals surface area contributed by atoms with Crippen LogP contribution in [0.25, 0.3) is 28.1 Å². The fraction of sp³-hybridized carbons (Fsp3) is 0.400. The largest absolute Gasteiger partial charge is 0.489 e. The first-order valence-corrected chi connectivity index (χ1v) is 11.6. The molecule has 1 aliphatic heterocycles. The van der Waals surface area contributed by atoms with Gasteiger partial charge in [-0.2, -0.15) is 13.2 Å². The van der Waals surface area contributed by atoms with E-state index in [1.807, 2.05) is 38.1 Å². The molecule has 1 saturated heterocycles. The van der Waals surface area contributed by atoms with Crippen molar-refractivity contribution in [1.82, 2.24) is 24.5 Å². The zero-order valence-corrected chi connectivity index (χ0v) is 19.8. The molecule has 2 atom stereocenters. The number of hydrogen-bond donors (Lipinski definition) is 1. The Labute approximate surface area is 204 Å². The highest BCUT2D eigenvalue weighted by Gasteiger charge is 2.49. The molecule has 4 heterocycles. The zero-order valence-electron chi connectivity index (χ0n) is 19.8. The van der Waals surface area contributed by atoms with E-state index in [4.69, 9.17) is 15.5 Å². The second kappa shape index (κ2) is 8.97. The number of aromatic nitrogens is 4. The summed E-state index contributed by atoms with van der Waals surface area (Å²) in [7, 11) is 0. The lowest BCUT2D eigenvalue weighted by Gasteiger charge is -2.31. The summed E-state index contributed by atoms with van der Waals surface area (Å²) >= 11 is 0. The Morgan fingerprint density at radius 1 is 1.11 bits per heavy atom. The van der Waals surface area contributed by atoms with Gasteiger partial charge in [-0.1, -0.05) is 24.3 Å². The van der Waals surface area contributed by atoms with Gasteiger partial charge in [-0.05, 0) is 44.0 Å². The molecule has 4 aromatic rings. The molecule has 0 spiro atoms. The lowest BCUT2D eigenvalue weighted by Crippen LogP contribution is -2.47. The monoisotopic (exact) mass is 502 g/mol. The maximum Gasteiger partial charge on any atom is 0.408 e. The van der Waals surface area contributed by atoms with Gasteiger partial charge in [-0.3, -0.25) is 9.30 Å². The Hall–Kier alpha value is -3.31. The quantitative estimate of drug-likeness (QED) is 0.385. The minimum Gasteiger partial charge on any atom is -0.489 e. The Kier molecular flexibility index (Phi) is 6.08. The van der Waals surface area contributed by atoms with Gasteiger partial charge in [0, 0.05) is 24.7 Å². The van der Waals surface area contributed by atoms with Crippen molar-refractivity contribution >= 4 is 16.6 Å². The summed E-state index contributed by atoms with van der Waals surface area (Å²) in [5.41, 5.74) is 6.09. The van der Waals surface area contributed by atoms with Crippen LogP contribution < -0.4 is 10.5 Å². The number of nitrogens with two attached hydrogens (primary N) is 1. The van der Waals surface area contributed by atoms with Gasteiger partial charge >= 0.3 is 6.18 Å². The topological polar surface area (TPSA) is 81.6 Å². The van der Waals surface area contributed by atoms with Gasteiger partial charge in [-0.25, -0.2) is 9.37 Å². The Morgan fingerprint density at radius 2 is 1.92 bits per heavy atom. The second-order valence-electron chi connectivity index (χ2n) is 9.57. The first-order valence-electron chi connectivity index (χ1n) is 11.6. The molecule has 11 heteroatoms. The fourth-order valence-corrected chi connectivity index (χ4v) is 4.70. The molecule has 1 fully saturated rings. The first-order chi connectivity index (χ1) is 17.1. The first kappa shape index (κ1) is 24.4. The number of pyridine rings is 2. The Balaban J connectivity index is 1.58. The van der Waals surface area contributed by atoms with Gasteiger partial charge < -0.3 is 10.5 Å². The van der Waals surface area contributed by atoms with Crippen molar-refractivity contribution < 1.29 is 22.3 Å². The third-order valence-corrected chi connectivity index (χ3v) is 6.37. The number of para-hydroxylation sites is 1. The molecule has 0 bridgehead atoms. The molecule has 0 amide bonds. The van der Waals surface area contributed by atoms with E-state index in [-0.39, 0.29) is 31.2 Å². The number of likely N-dealkylation sites (tertiary alicyclic amines) is 1. The third-order valence-electron chi connectivity index (χ3n) is 6.37. The second-order valence-corrected chi connectivity index (χ2v) is 9.57. The smallest absolute Gasteiger partial charge is 0.408 e. The van der Waals surface area contributed by atoms with Gasteiger partial charge in [0.05, 0.1) is 11.6 Å². The number of alkyl halides is 4. The van der Waals surface area contributed by atoms with Crippen LogP contribution in [0.1, 0.15) is 31.9 Å². The average Bonchev–Trinajstić information content (AvgIpc) is 3.42. The van der Waals surface area contributed by atoms with E-state index in [1.165, 1.54) is 27.6 Å². The van der Waals surface area contributed by atoms with Crippen LogP contribution in [0.2, 0.25) is 0 Å². The highest BCUT2D eigenvalue weighted by Crippen LogP contribution is 2.41. The molecule has 0 unspecified atom stereocenters. The standard InChI is InChI=1S/C25H26F4N6O/c1-15(2)36-19-5-3-4-16-6-8-18(31-21(16)19)23-33-32-20-9-7-17(12-35(20)23)22(25(27,28)29)34-11-10-24(30,13-26)14-34/h3-9,12,15,22H,10-11,13-14,30H2,1-2H3/t22-,24+/m1/s1. The highest BCUT2D eigenvalue weighted by atomic mass is 19.4. The molecular formula is C25H26F4N6O. The van der Waals surface area contributed by atoms with Crippen molar-refractivity contribution in [2.75, 3.05) is 19.8 Å². The Bertz CT molecular complexity index is 1400. The average molecular weight is 503 g/mol. The molecule has 7 nitrogen and oxygen atoms in total. The fourth-order valence-electron chi connectivity index (χ4n) is 4.70. The minimum atomic E-state index is -4.59. The zero-order chi connectivity index (χ0) is 25.7. The number of rotatable bonds is 6. The lowest BCUT2D eigenvalue weighted by molar-refractivity contribution is -0.184. The molecule has 3 aromatic heterocycles. The lowest BCUT2D eigenvalue weighted by atomic mass is 10.0. The number of ether oxygens (including phenoxy) is 1. The molecule has 0 saturated carbocycles. The molecule has 36 heavy (non-hydrogen) atoms. The van der Waals surface area contributed by atoms with E-state index >= 15 is 0 Å². The van der Waals surface area contributed by atoms with Gasteiger partial charge in [-0.15, -0.1) is 10.2 Å². The molecule has 0 radical (unpaired) electrons. The number of fused-ring (bicyclic) bond motifs is 2. The van der Waals surface area contributed by atoms with Crippen LogP contribution in [-0.2, 0) is 0 Å². The molecule has 190 valence electrons. The van der Waals surface area contributed by atoms with Crippen LogP contribution in [0.3, 0.4) is 0 Å². The van der Waals surface area contributed by atoms with Gasteiger partial charge in [0.1, 0.15) is 29.7 Å². The number of nitrogens with zero attached hydrogens (tertiary/aromatic N) is 5. The summed E-state index contributed by atoms with van der Waals surface area (Å²) in [5, 5.41) is 9.18. The summed E-state index contributed by atoms with van der Waals surface area (Å²) < 4.78 is 63.5. The van der Waals surface area contributed by atoms with Crippen LogP contribution in [0.5, 0.6) is 5.75 Å². The van der Waals surface area contributed by atoms with Gasteiger partial charge in [0.2, 0.25) is 0 Å². The molecular weight excluding hydrogens is 476 g/mol. The van der Waals surface area contributed by atoms with Crippen molar-refractivity contribution in [3.05, 3.63) is 54.2 Å². The Morgan fingerprint density at radius 3 is 2.61 bits per heavy atom. The highest BCUT2D eigenvalue weighted by molar-refractivity contribution is 5.86. The van der Waals surface area contributed by atoms with Crippen molar-refractivity contribution in [2.45, 2.75) is 44.1 Å². The maximum absolute atomic E-state index is 14.2. The van der Waals surface area contributed by atoms with Gasteiger partial charge in [0.25, 0.3) is 0 Å². The third kappa shape index (κ3) is 4.48. The predicted octanol–water partition coefficient (Wildman–Crippen LogP) is 4.71. The molecule has 1 aliphatic rings. The molecule has 5 rings (SSSR count). The van der Waals surface area contributed by atoms with E-state index in [9.17, 15) is 17.6 Å². The molecule has 2 N–H and O–H groups in total. The van der Waals surface area contributed by atoms with Crippen LogP contribution in [0.4, 0.5) is 17.6 Å². The predicted molar refractivity (Wildman–Crippen MR) is 127 cm³/mol. The van der Waals surface area contributed by atoms with Crippen molar-refractivity contribution in [2.24, 2.45) is 5.73 Å². The van der Waals surface area contributed by atoms with Crippen LogP contribution in [-0.4, -0.2) is 62.1 Å². The van der Waals surface area contributed by atoms with E-state index in [0.29, 0.717) is 28.4 Å². The normalized spacial score (nSPS) is 20.0. The van der Waals surface area contributed by atoms with Gasteiger partial charge in [0.15, 0.2) is 11.5 Å². The summed E-state index contributed by atoms with van der Waals surface area (Å²) in [6, 6.07) is 10.1. The van der Waals surface area contributed by atoms with Crippen molar-refractivity contribution in [1.29, 1.82) is 0 Å². The number of benzene rings is 1. The van der Waals surface area contributed by atoms with E-state index in [1.54, 1.807) is 6.07 Å². The van der Waals surface area contributed by atoms with Crippen molar-refractivity contribution in [3.8, 4) is 17.3 Å². The summed E-state index contributed by atoms with van der Waals surface area (Å²) in [4.78, 5) is 5.90. The van der Waals surface area contributed by atoms with E-state index < -0.39 is 24.4 Å². The van der Waals surface area contributed by atoms with Crippen LogP contribution >= 0.6 is 0 Å². The van der Waals surface area contributed by atoms with E-state index in [2.05, 4.69) is 10.2 Å². The van der Waals surface area contributed by atoms with Crippen LogP contribution in [0, 0.1) is 0 Å². The summed E-state index contributed by atoms with van der Waals surface area (Å²) in [5.74, 6) is 0.899. The van der Waals surface area contributed by atoms with E-state index in [0.717, 1.165) is 5.39 Å². The number of halogens is 4. The number of hydrogen-bond acceptors (Lipinski definition) is 6. The maximum atomic E-state index is 14.2. The SMILES string of the molecule is CC(C)Oc1cccc2ccc(-c3nnc4ccc([C@@H](N5CC[C@](N)(CF)C5)C(F)(F)F)cn34)nc12.